The van der Waals surface area contributed by atoms with Gasteiger partial charge in [0, 0.05) is 18.0 Å². The maximum absolute atomic E-state index is 12.0. The molecule has 11 nitrogen and oxygen atoms in total. The molecule has 0 radical (unpaired) electrons. The van der Waals surface area contributed by atoms with Gasteiger partial charge in [-0.25, -0.2) is 5.43 Å². The predicted molar refractivity (Wildman–Crippen MR) is 110 cm³/mol. The first-order chi connectivity index (χ1) is 14.8. The fourth-order valence-electron chi connectivity index (χ4n) is 2.47. The van der Waals surface area contributed by atoms with E-state index in [0.29, 0.717) is 11.1 Å². The maximum atomic E-state index is 12.0. The molecule has 31 heavy (non-hydrogen) atoms. The normalized spacial score (nSPS) is 10.6. The third-order valence-electron chi connectivity index (χ3n) is 3.99. The molecule has 11 heteroatoms. The van der Waals surface area contributed by atoms with E-state index in [-0.39, 0.29) is 11.5 Å². The third-order valence-corrected chi connectivity index (χ3v) is 3.99. The lowest BCUT2D eigenvalue weighted by Gasteiger charge is -2.07. The minimum atomic E-state index is -0.761. The van der Waals surface area contributed by atoms with Crippen LogP contribution in [0.3, 0.4) is 0 Å². The van der Waals surface area contributed by atoms with Crippen LogP contribution < -0.4 is 10.2 Å². The maximum Gasteiger partial charge on any atom is 0.318 e. The number of ether oxygens (including phenoxy) is 1. The molecule has 0 aliphatic rings. The first-order valence-electron chi connectivity index (χ1n) is 8.80. The van der Waals surface area contributed by atoms with Gasteiger partial charge in [0.2, 0.25) is 5.75 Å². The van der Waals surface area contributed by atoms with Crippen molar-refractivity contribution in [2.24, 2.45) is 5.10 Å². The van der Waals surface area contributed by atoms with Crippen LogP contribution in [0.2, 0.25) is 0 Å². The quantitative estimate of drug-likeness (QED) is 0.346. The second-order valence-corrected chi connectivity index (χ2v) is 6.23. The number of amides is 1. The zero-order chi connectivity index (χ0) is 22.4. The number of carbonyl (C=O) groups excluding carboxylic acids is 1. The molecule has 0 bridgehead atoms. The van der Waals surface area contributed by atoms with Gasteiger partial charge >= 0.3 is 5.69 Å². The fraction of sp³-hybridized carbons (Fsp3) is 0.0500. The van der Waals surface area contributed by atoms with Gasteiger partial charge < -0.3 is 4.74 Å². The van der Waals surface area contributed by atoms with Crippen LogP contribution >= 0.6 is 0 Å². The zero-order valence-electron chi connectivity index (χ0n) is 16.1. The summed E-state index contributed by atoms with van der Waals surface area (Å²) >= 11 is 0. The highest BCUT2D eigenvalue weighted by Gasteiger charge is 2.21. The molecule has 0 atom stereocenters. The lowest BCUT2D eigenvalue weighted by molar-refractivity contribution is -0.394. The number of nitro benzene ring substituents is 2. The van der Waals surface area contributed by atoms with Gasteiger partial charge in [-0.2, -0.15) is 5.10 Å². The number of nitrogens with one attached hydrogen (secondary N) is 1. The van der Waals surface area contributed by atoms with Crippen molar-refractivity contribution in [3.05, 3.63) is 97.8 Å². The number of hydrazone groups is 1. The van der Waals surface area contributed by atoms with Gasteiger partial charge in [0.15, 0.2) is 0 Å². The Morgan fingerprint density at radius 3 is 2.58 bits per heavy atom. The molecule has 0 spiro atoms. The number of nitro groups is 2. The molecule has 3 aromatic rings. The number of aryl methyl sites for hydroxylation is 1. The Hall–Kier alpha value is -4.67. The first kappa shape index (κ1) is 21.0. The van der Waals surface area contributed by atoms with Crippen LogP contribution in [-0.2, 0) is 0 Å². The van der Waals surface area contributed by atoms with Gasteiger partial charge in [-0.1, -0.05) is 12.1 Å². The van der Waals surface area contributed by atoms with Crippen LogP contribution in [0.15, 0.2) is 65.9 Å². The predicted octanol–water partition coefficient (Wildman–Crippen LogP) is 3.76. The number of non-ortho nitro benzene ring substituents is 1. The summed E-state index contributed by atoms with van der Waals surface area (Å²) < 4.78 is 5.53. The minimum Gasteiger partial charge on any atom is -0.450 e. The molecule has 1 aromatic heterocycles. The molecule has 1 amide bonds. The molecular weight excluding hydrogens is 406 g/mol. The molecule has 0 saturated heterocycles. The van der Waals surface area contributed by atoms with Gasteiger partial charge in [0.05, 0.1) is 27.7 Å². The van der Waals surface area contributed by atoms with Crippen LogP contribution in [0.5, 0.6) is 11.5 Å². The molecule has 1 heterocycles. The number of benzene rings is 2. The Morgan fingerprint density at radius 1 is 1.10 bits per heavy atom. The number of hydrogen-bond acceptors (Lipinski definition) is 8. The Kier molecular flexibility index (Phi) is 6.26. The van der Waals surface area contributed by atoms with E-state index in [2.05, 4.69) is 15.5 Å². The van der Waals surface area contributed by atoms with E-state index in [4.69, 9.17) is 4.74 Å². The van der Waals surface area contributed by atoms with Gasteiger partial charge in [0.1, 0.15) is 5.75 Å². The summed E-state index contributed by atoms with van der Waals surface area (Å²) in [6.07, 6.45) is 2.81. The van der Waals surface area contributed by atoms with Crippen LogP contribution in [0.1, 0.15) is 21.6 Å². The van der Waals surface area contributed by atoms with Crippen LogP contribution in [0.4, 0.5) is 11.4 Å². The van der Waals surface area contributed by atoms with Crippen molar-refractivity contribution in [2.45, 2.75) is 6.92 Å². The summed E-state index contributed by atoms with van der Waals surface area (Å²) in [7, 11) is 0. The average molecular weight is 421 g/mol. The zero-order valence-corrected chi connectivity index (χ0v) is 16.1. The Labute approximate surface area is 175 Å². The summed E-state index contributed by atoms with van der Waals surface area (Å²) in [6.45, 7) is 1.81. The van der Waals surface area contributed by atoms with Crippen LogP contribution in [-0.4, -0.2) is 27.0 Å². The smallest absolute Gasteiger partial charge is 0.318 e. The molecule has 0 saturated carbocycles. The molecule has 0 unspecified atom stereocenters. The van der Waals surface area contributed by atoms with Crippen molar-refractivity contribution in [3.8, 4) is 11.5 Å². The number of pyridine rings is 1. The van der Waals surface area contributed by atoms with Crippen molar-refractivity contribution in [3.63, 3.8) is 0 Å². The number of rotatable bonds is 7. The second-order valence-electron chi connectivity index (χ2n) is 6.23. The van der Waals surface area contributed by atoms with Crippen molar-refractivity contribution >= 4 is 23.5 Å². The molecule has 0 fully saturated rings. The minimum absolute atomic E-state index is 0.148. The largest absolute Gasteiger partial charge is 0.450 e. The highest BCUT2D eigenvalue weighted by molar-refractivity contribution is 5.94. The lowest BCUT2D eigenvalue weighted by Crippen LogP contribution is -2.17. The van der Waals surface area contributed by atoms with Gasteiger partial charge in [-0.3, -0.25) is 30.0 Å². The molecular formula is C20H15N5O6. The van der Waals surface area contributed by atoms with Crippen molar-refractivity contribution in [2.75, 3.05) is 0 Å². The van der Waals surface area contributed by atoms with E-state index in [9.17, 15) is 25.0 Å². The summed E-state index contributed by atoms with van der Waals surface area (Å²) in [5.74, 6) is -0.336. The van der Waals surface area contributed by atoms with E-state index in [1.165, 1.54) is 18.5 Å². The van der Waals surface area contributed by atoms with E-state index in [1.54, 1.807) is 37.3 Å². The highest BCUT2D eigenvalue weighted by Crippen LogP contribution is 2.34. The SMILES string of the molecule is Cc1ccc(C(=O)N/N=C/c2cccc(Oc3ccc([N+](=O)[O-])cc3[N+](=O)[O-])c2)cn1. The molecule has 0 aliphatic carbocycles. The third kappa shape index (κ3) is 5.44. The molecule has 0 aliphatic heterocycles. The Bertz CT molecular complexity index is 1180. The van der Waals surface area contributed by atoms with Gasteiger partial charge in [-0.05, 0) is 42.8 Å². The van der Waals surface area contributed by atoms with Gasteiger partial charge in [0.25, 0.3) is 11.6 Å². The Morgan fingerprint density at radius 2 is 1.90 bits per heavy atom. The van der Waals surface area contributed by atoms with E-state index >= 15 is 0 Å². The van der Waals surface area contributed by atoms with E-state index < -0.39 is 27.1 Å². The fourth-order valence-corrected chi connectivity index (χ4v) is 2.47. The van der Waals surface area contributed by atoms with Crippen LogP contribution in [0.25, 0.3) is 0 Å². The summed E-state index contributed by atoms with van der Waals surface area (Å²) in [4.78, 5) is 36.6. The van der Waals surface area contributed by atoms with E-state index in [0.717, 1.165) is 23.9 Å². The number of aromatic nitrogens is 1. The van der Waals surface area contributed by atoms with Crippen molar-refractivity contribution in [1.29, 1.82) is 0 Å². The monoisotopic (exact) mass is 421 g/mol. The first-order valence-corrected chi connectivity index (χ1v) is 8.80. The standard InChI is InChI=1S/C20H15N5O6/c1-13-5-6-15(12-21-13)20(26)23-22-11-14-3-2-4-17(9-14)31-19-8-7-16(24(27)28)10-18(19)25(29)30/h2-12H,1H3,(H,23,26)/b22-11+. The molecule has 156 valence electrons. The van der Waals surface area contributed by atoms with Crippen LogP contribution in [0, 0.1) is 27.2 Å². The number of carbonyl (C=O) groups is 1. The summed E-state index contributed by atoms with van der Waals surface area (Å²) in [6, 6.07) is 12.8. The molecule has 2 aromatic carbocycles. The van der Waals surface area contributed by atoms with Gasteiger partial charge in [-0.15, -0.1) is 0 Å². The topological polar surface area (TPSA) is 150 Å². The molecule has 1 N–H and O–H groups in total. The highest BCUT2D eigenvalue weighted by atomic mass is 16.6. The average Bonchev–Trinajstić information content (AvgIpc) is 2.74. The number of hydrogen-bond donors (Lipinski definition) is 1. The summed E-state index contributed by atoms with van der Waals surface area (Å²) in [5, 5.41) is 25.9. The van der Waals surface area contributed by atoms with Crippen molar-refractivity contribution < 1.29 is 19.4 Å². The van der Waals surface area contributed by atoms with Crippen molar-refractivity contribution in [1.82, 2.24) is 10.4 Å². The van der Waals surface area contributed by atoms with E-state index in [1.807, 2.05) is 0 Å². The summed E-state index contributed by atoms with van der Waals surface area (Å²) in [5.41, 5.74) is 3.10. The Balaban J connectivity index is 1.72. The second kappa shape index (κ2) is 9.22. The number of nitrogens with zero attached hydrogens (tertiary/aromatic N) is 4. The lowest BCUT2D eigenvalue weighted by atomic mass is 10.2. The molecule has 3 rings (SSSR count).